The van der Waals surface area contributed by atoms with Crippen LogP contribution >= 0.6 is 0 Å². The highest BCUT2D eigenvalue weighted by Gasteiger charge is 2.24. The molecule has 4 amide bonds. The van der Waals surface area contributed by atoms with Gasteiger partial charge in [-0.05, 0) is 99.3 Å². The minimum Gasteiger partial charge on any atom is -0.467 e. The van der Waals surface area contributed by atoms with Gasteiger partial charge in [-0.2, -0.15) is 0 Å². The van der Waals surface area contributed by atoms with Gasteiger partial charge in [-0.15, -0.1) is 0 Å². The number of hydrogen-bond acceptors (Lipinski definition) is 10. The Morgan fingerprint density at radius 1 is 0.605 bits per heavy atom. The SMILES string of the molecule is COC(=O)[C@H](CCCCNC(=O)[C@@H](N)CCCCNC(=O)OC(C)(C)C)NC(=O)[C@@H](N)CCCCNC(=O)OC(C)(C)C. The largest absolute Gasteiger partial charge is 0.467 e. The Bertz CT molecular complexity index is 872. The Balaban J connectivity index is 4.23. The lowest BCUT2D eigenvalue weighted by Crippen LogP contribution is -2.48. The normalized spacial score (nSPS) is 13.6. The Hall–Kier alpha value is -3.13. The molecule has 0 heterocycles. The van der Waals surface area contributed by atoms with Crippen LogP contribution in [-0.2, 0) is 28.6 Å². The van der Waals surface area contributed by atoms with Crippen LogP contribution in [0.5, 0.6) is 0 Å². The zero-order valence-corrected chi connectivity index (χ0v) is 27.1. The quantitative estimate of drug-likeness (QED) is 0.0705. The molecule has 0 aromatic rings. The van der Waals surface area contributed by atoms with Gasteiger partial charge in [0.25, 0.3) is 0 Å². The molecule has 14 heteroatoms. The van der Waals surface area contributed by atoms with E-state index in [1.165, 1.54) is 7.11 Å². The maximum Gasteiger partial charge on any atom is 0.407 e. The minimum atomic E-state index is -0.857. The van der Waals surface area contributed by atoms with Crippen LogP contribution in [0.4, 0.5) is 9.59 Å². The predicted octanol–water partition coefficient (Wildman–Crippen LogP) is 1.98. The molecule has 0 aromatic heterocycles. The highest BCUT2D eigenvalue weighted by Crippen LogP contribution is 2.08. The molecular weight excluding hydrogens is 560 g/mol. The van der Waals surface area contributed by atoms with Crippen molar-refractivity contribution in [3.63, 3.8) is 0 Å². The number of nitrogens with one attached hydrogen (secondary N) is 4. The molecule has 0 aliphatic rings. The summed E-state index contributed by atoms with van der Waals surface area (Å²) in [6.45, 7) is 11.9. The highest BCUT2D eigenvalue weighted by atomic mass is 16.6. The van der Waals surface area contributed by atoms with E-state index < -0.39 is 53.4 Å². The average Bonchev–Trinajstić information content (AvgIpc) is 2.88. The summed E-state index contributed by atoms with van der Waals surface area (Å²) in [5.41, 5.74) is 10.8. The number of rotatable bonds is 19. The molecule has 14 nitrogen and oxygen atoms in total. The monoisotopic (exact) mass is 616 g/mol. The van der Waals surface area contributed by atoms with Crippen molar-refractivity contribution in [3.8, 4) is 0 Å². The zero-order valence-electron chi connectivity index (χ0n) is 27.1. The number of unbranched alkanes of at least 4 members (excludes halogenated alkanes) is 3. The Morgan fingerprint density at radius 2 is 1.00 bits per heavy atom. The van der Waals surface area contributed by atoms with Crippen LogP contribution in [-0.4, -0.2) is 86.0 Å². The smallest absolute Gasteiger partial charge is 0.407 e. The van der Waals surface area contributed by atoms with Crippen molar-refractivity contribution in [1.29, 1.82) is 0 Å². The van der Waals surface area contributed by atoms with Gasteiger partial charge in [-0.1, -0.05) is 0 Å². The minimum absolute atomic E-state index is 0.273. The van der Waals surface area contributed by atoms with E-state index >= 15 is 0 Å². The van der Waals surface area contributed by atoms with Crippen LogP contribution in [0.15, 0.2) is 0 Å². The number of hydrogen-bond donors (Lipinski definition) is 6. The summed E-state index contributed by atoms with van der Waals surface area (Å²) in [7, 11) is 1.24. The van der Waals surface area contributed by atoms with Gasteiger partial charge in [-0.3, -0.25) is 9.59 Å². The fourth-order valence-electron chi connectivity index (χ4n) is 3.74. The van der Waals surface area contributed by atoms with Gasteiger partial charge in [-0.25, -0.2) is 14.4 Å². The Morgan fingerprint density at radius 3 is 1.42 bits per heavy atom. The molecule has 43 heavy (non-hydrogen) atoms. The standard InChI is InChI=1S/C29H56N6O8/c1-28(2,3)42-26(39)33-18-11-8-14-20(30)23(36)32-17-13-10-16-22(25(38)41-7)35-24(37)21(31)15-9-12-19-34-27(40)43-29(4,5)6/h20-22H,8-19,30-31H2,1-7H3,(H,32,36)(H,33,39)(H,34,40)(H,35,37)/t20-,21-,22-/m0/s1. The average molecular weight is 617 g/mol. The topological polar surface area (TPSA) is 213 Å². The van der Waals surface area contributed by atoms with Crippen LogP contribution in [0.1, 0.15) is 99.3 Å². The van der Waals surface area contributed by atoms with E-state index in [9.17, 15) is 24.0 Å². The first kappa shape index (κ1) is 39.9. The molecule has 0 unspecified atom stereocenters. The highest BCUT2D eigenvalue weighted by molar-refractivity contribution is 5.87. The lowest BCUT2D eigenvalue weighted by molar-refractivity contribution is -0.145. The lowest BCUT2D eigenvalue weighted by atomic mass is 10.1. The second-order valence-corrected chi connectivity index (χ2v) is 12.4. The molecule has 0 bridgehead atoms. The molecule has 250 valence electrons. The molecule has 8 N–H and O–H groups in total. The summed E-state index contributed by atoms with van der Waals surface area (Å²) in [5.74, 6) is -1.31. The maximum atomic E-state index is 12.5. The molecule has 0 aliphatic carbocycles. The van der Waals surface area contributed by atoms with Crippen LogP contribution in [0.25, 0.3) is 0 Å². The van der Waals surface area contributed by atoms with Crippen molar-refractivity contribution in [1.82, 2.24) is 21.3 Å². The van der Waals surface area contributed by atoms with Crippen molar-refractivity contribution in [2.45, 2.75) is 129 Å². The van der Waals surface area contributed by atoms with E-state index in [-0.39, 0.29) is 5.91 Å². The fourth-order valence-corrected chi connectivity index (χ4v) is 3.74. The Labute approximate surface area is 256 Å². The van der Waals surface area contributed by atoms with Gasteiger partial charge in [0.2, 0.25) is 11.8 Å². The van der Waals surface area contributed by atoms with E-state index in [1.54, 1.807) is 41.5 Å². The molecule has 0 saturated carbocycles. The number of amides is 4. The molecule has 0 rings (SSSR count). The van der Waals surface area contributed by atoms with Gasteiger partial charge >= 0.3 is 18.2 Å². The van der Waals surface area contributed by atoms with E-state index in [4.69, 9.17) is 25.7 Å². The summed E-state index contributed by atoms with van der Waals surface area (Å²) < 4.78 is 15.1. The number of carbonyl (C=O) groups excluding carboxylic acids is 5. The summed E-state index contributed by atoms with van der Waals surface area (Å²) in [5, 5.41) is 10.8. The number of alkyl carbamates (subject to hydrolysis) is 2. The second-order valence-electron chi connectivity index (χ2n) is 12.4. The van der Waals surface area contributed by atoms with Gasteiger partial charge in [0, 0.05) is 19.6 Å². The number of nitrogens with two attached hydrogens (primary N) is 2. The molecule has 0 spiro atoms. The molecule has 3 atom stereocenters. The number of carbonyl (C=O) groups is 5. The van der Waals surface area contributed by atoms with Crippen LogP contribution in [0.2, 0.25) is 0 Å². The van der Waals surface area contributed by atoms with E-state index in [0.717, 1.165) is 0 Å². The number of esters is 1. The molecule has 0 aliphatic heterocycles. The third kappa shape index (κ3) is 22.1. The fraction of sp³-hybridized carbons (Fsp3) is 0.828. The summed E-state index contributed by atoms with van der Waals surface area (Å²) >= 11 is 0. The van der Waals surface area contributed by atoms with Crippen molar-refractivity contribution in [2.24, 2.45) is 11.5 Å². The lowest BCUT2D eigenvalue weighted by Gasteiger charge is -2.20. The van der Waals surface area contributed by atoms with Crippen LogP contribution in [0, 0.1) is 0 Å². The van der Waals surface area contributed by atoms with Crippen molar-refractivity contribution >= 4 is 30.0 Å². The maximum absolute atomic E-state index is 12.5. The van der Waals surface area contributed by atoms with Gasteiger partial charge < -0.3 is 46.9 Å². The Kier molecular flexibility index (Phi) is 19.2. The molecule has 0 saturated heterocycles. The first-order chi connectivity index (χ1) is 19.9. The van der Waals surface area contributed by atoms with Gasteiger partial charge in [0.1, 0.15) is 17.2 Å². The van der Waals surface area contributed by atoms with Crippen molar-refractivity contribution in [3.05, 3.63) is 0 Å². The van der Waals surface area contributed by atoms with Crippen molar-refractivity contribution < 1.29 is 38.2 Å². The van der Waals surface area contributed by atoms with Crippen molar-refractivity contribution in [2.75, 3.05) is 26.7 Å². The summed E-state index contributed by atoms with van der Waals surface area (Å²) in [6.07, 6.45) is 3.83. The van der Waals surface area contributed by atoms with E-state index in [0.29, 0.717) is 77.4 Å². The molecule has 0 fully saturated rings. The third-order valence-corrected chi connectivity index (χ3v) is 5.91. The molecular formula is C29H56N6O8. The van der Waals surface area contributed by atoms with E-state index in [2.05, 4.69) is 21.3 Å². The van der Waals surface area contributed by atoms with Crippen LogP contribution < -0.4 is 32.7 Å². The number of methoxy groups -OCH3 is 1. The molecule has 0 radical (unpaired) electrons. The second kappa shape index (κ2) is 20.7. The third-order valence-electron chi connectivity index (χ3n) is 5.91. The van der Waals surface area contributed by atoms with Gasteiger partial charge in [0.15, 0.2) is 0 Å². The predicted molar refractivity (Wildman–Crippen MR) is 163 cm³/mol. The number of ether oxygens (including phenoxy) is 3. The first-order valence-electron chi connectivity index (χ1n) is 15.1. The van der Waals surface area contributed by atoms with Crippen LogP contribution in [0.3, 0.4) is 0 Å². The zero-order chi connectivity index (χ0) is 33.1. The first-order valence-corrected chi connectivity index (χ1v) is 15.1. The van der Waals surface area contributed by atoms with Gasteiger partial charge in [0.05, 0.1) is 19.2 Å². The summed E-state index contributed by atoms with van der Waals surface area (Å²) in [4.78, 5) is 60.3. The summed E-state index contributed by atoms with van der Waals surface area (Å²) in [6, 6.07) is -2.34. The van der Waals surface area contributed by atoms with E-state index in [1.807, 2.05) is 0 Å². The molecule has 0 aromatic carbocycles.